The van der Waals surface area contributed by atoms with Crippen LogP contribution >= 0.6 is 0 Å². The van der Waals surface area contributed by atoms with Crippen molar-refractivity contribution in [1.29, 1.82) is 0 Å². The van der Waals surface area contributed by atoms with Crippen molar-refractivity contribution in [2.45, 2.75) is 12.6 Å². The Hall–Kier alpha value is -1.06. The molecule has 0 saturated heterocycles. The lowest BCUT2D eigenvalue weighted by molar-refractivity contribution is 0.242. The molecule has 0 aliphatic carbocycles. The minimum absolute atomic E-state index is 0.0934. The molecule has 0 fully saturated rings. The van der Waals surface area contributed by atoms with Crippen LogP contribution < -0.4 is 5.73 Å². The second kappa shape index (κ2) is 3.37. The molecular weight excluding hydrogens is 142 g/mol. The summed E-state index contributed by atoms with van der Waals surface area (Å²) in [4.78, 5) is 0. The van der Waals surface area contributed by atoms with Crippen molar-refractivity contribution in [2.24, 2.45) is 5.73 Å². The maximum absolute atomic E-state index is 8.65. The molecule has 0 unspecified atom stereocenters. The zero-order chi connectivity index (χ0) is 8.27. The van der Waals surface area contributed by atoms with Gasteiger partial charge in [-0.05, 0) is 12.1 Å². The topological polar surface area (TPSA) is 59.4 Å². The molecule has 0 bridgehead atoms. The largest absolute Gasteiger partial charge is 0.462 e. The molecule has 0 radical (unpaired) electrons. The fourth-order valence-electron chi connectivity index (χ4n) is 0.775. The highest BCUT2D eigenvalue weighted by Gasteiger charge is 2.05. The Morgan fingerprint density at radius 3 is 2.91 bits per heavy atom. The number of aliphatic hydroxyl groups excluding tert-OH is 1. The van der Waals surface area contributed by atoms with E-state index in [9.17, 15) is 0 Å². The maximum Gasteiger partial charge on any atom is 0.129 e. The second-order valence-corrected chi connectivity index (χ2v) is 2.22. The molecule has 3 nitrogen and oxygen atoms in total. The first-order valence-corrected chi connectivity index (χ1v) is 3.35. The van der Waals surface area contributed by atoms with Gasteiger partial charge >= 0.3 is 0 Å². The Morgan fingerprint density at radius 1 is 1.73 bits per heavy atom. The third-order valence-corrected chi connectivity index (χ3v) is 1.42. The number of hydrogen-bond donors (Lipinski definition) is 2. The van der Waals surface area contributed by atoms with Crippen molar-refractivity contribution in [3.63, 3.8) is 0 Å². The third-order valence-electron chi connectivity index (χ3n) is 1.42. The average molecular weight is 153 g/mol. The van der Waals surface area contributed by atoms with E-state index in [1.54, 1.807) is 18.2 Å². The number of nitrogens with two attached hydrogens (primary N) is 1. The Kier molecular flexibility index (Phi) is 2.46. The first kappa shape index (κ1) is 8.04. The molecule has 0 amide bonds. The van der Waals surface area contributed by atoms with Gasteiger partial charge in [0.05, 0.1) is 6.04 Å². The molecule has 1 rings (SSSR count). The molecule has 1 aromatic heterocycles. The molecule has 60 valence electrons. The minimum atomic E-state index is -0.282. The van der Waals surface area contributed by atoms with Gasteiger partial charge in [0.1, 0.15) is 18.1 Å². The lowest BCUT2D eigenvalue weighted by Gasteiger charge is -1.99. The highest BCUT2D eigenvalue weighted by molar-refractivity contribution is 5.13. The monoisotopic (exact) mass is 153 g/mol. The van der Waals surface area contributed by atoms with Gasteiger partial charge in [-0.1, -0.05) is 6.08 Å². The highest BCUT2D eigenvalue weighted by atomic mass is 16.4. The van der Waals surface area contributed by atoms with Crippen LogP contribution in [-0.4, -0.2) is 5.11 Å². The van der Waals surface area contributed by atoms with Crippen molar-refractivity contribution in [1.82, 2.24) is 0 Å². The van der Waals surface area contributed by atoms with E-state index in [0.717, 1.165) is 0 Å². The minimum Gasteiger partial charge on any atom is -0.462 e. The van der Waals surface area contributed by atoms with Gasteiger partial charge in [0.2, 0.25) is 0 Å². The second-order valence-electron chi connectivity index (χ2n) is 2.22. The molecule has 0 spiro atoms. The van der Waals surface area contributed by atoms with Gasteiger partial charge in [-0.3, -0.25) is 0 Å². The number of hydrogen-bond acceptors (Lipinski definition) is 3. The van der Waals surface area contributed by atoms with Crippen LogP contribution in [0, 0.1) is 0 Å². The maximum atomic E-state index is 8.65. The first-order chi connectivity index (χ1) is 5.27. The van der Waals surface area contributed by atoms with E-state index in [1.807, 2.05) is 0 Å². The van der Waals surface area contributed by atoms with Gasteiger partial charge in [0.15, 0.2) is 0 Å². The molecule has 3 heteroatoms. The summed E-state index contributed by atoms with van der Waals surface area (Å²) in [5, 5.41) is 8.65. The molecule has 1 heterocycles. The van der Waals surface area contributed by atoms with Gasteiger partial charge in [-0.2, -0.15) is 0 Å². The van der Waals surface area contributed by atoms with Crippen molar-refractivity contribution >= 4 is 0 Å². The Morgan fingerprint density at radius 2 is 2.45 bits per heavy atom. The number of aliphatic hydroxyl groups is 1. The van der Waals surface area contributed by atoms with E-state index >= 15 is 0 Å². The van der Waals surface area contributed by atoms with Crippen molar-refractivity contribution in [3.05, 3.63) is 36.3 Å². The molecule has 1 aromatic rings. The van der Waals surface area contributed by atoms with E-state index < -0.39 is 0 Å². The van der Waals surface area contributed by atoms with Crippen LogP contribution in [-0.2, 0) is 6.61 Å². The predicted octanol–water partition coefficient (Wildman–Crippen LogP) is 0.958. The average Bonchev–Trinajstić information content (AvgIpc) is 2.50. The van der Waals surface area contributed by atoms with Crippen LogP contribution in [0.2, 0.25) is 0 Å². The van der Waals surface area contributed by atoms with Crippen LogP contribution in [0.3, 0.4) is 0 Å². The lowest BCUT2D eigenvalue weighted by atomic mass is 10.2. The first-order valence-electron chi connectivity index (χ1n) is 3.35. The van der Waals surface area contributed by atoms with Crippen molar-refractivity contribution < 1.29 is 9.52 Å². The summed E-state index contributed by atoms with van der Waals surface area (Å²) in [5.74, 6) is 1.15. The van der Waals surface area contributed by atoms with E-state index in [4.69, 9.17) is 15.3 Å². The Bertz CT molecular complexity index is 242. The summed E-state index contributed by atoms with van der Waals surface area (Å²) in [5.41, 5.74) is 5.57. The van der Waals surface area contributed by atoms with Crippen molar-refractivity contribution in [3.8, 4) is 0 Å². The fourth-order valence-corrected chi connectivity index (χ4v) is 0.775. The van der Waals surface area contributed by atoms with Crippen molar-refractivity contribution in [2.75, 3.05) is 0 Å². The van der Waals surface area contributed by atoms with Crippen LogP contribution in [0.25, 0.3) is 0 Å². The SMILES string of the molecule is C=C[C@H](N)c1ccc(CO)o1. The van der Waals surface area contributed by atoms with E-state index in [1.165, 1.54) is 0 Å². The van der Waals surface area contributed by atoms with E-state index in [-0.39, 0.29) is 12.6 Å². The normalized spacial score (nSPS) is 12.9. The van der Waals surface area contributed by atoms with E-state index in [0.29, 0.717) is 11.5 Å². The molecule has 1 atom stereocenters. The summed E-state index contributed by atoms with van der Waals surface area (Å²) in [6.07, 6.45) is 1.58. The number of rotatable bonds is 3. The molecule has 11 heavy (non-hydrogen) atoms. The van der Waals surface area contributed by atoms with Gasteiger partial charge in [-0.15, -0.1) is 6.58 Å². The summed E-state index contributed by atoms with van der Waals surface area (Å²) >= 11 is 0. The highest BCUT2D eigenvalue weighted by Crippen LogP contribution is 2.14. The number of furan rings is 1. The molecular formula is C8H11NO2. The van der Waals surface area contributed by atoms with Gasteiger partial charge in [0.25, 0.3) is 0 Å². The van der Waals surface area contributed by atoms with Gasteiger partial charge in [-0.25, -0.2) is 0 Å². The quantitative estimate of drug-likeness (QED) is 0.636. The lowest BCUT2D eigenvalue weighted by Crippen LogP contribution is -2.04. The zero-order valence-electron chi connectivity index (χ0n) is 6.16. The van der Waals surface area contributed by atoms with Crippen LogP contribution in [0.15, 0.2) is 29.2 Å². The van der Waals surface area contributed by atoms with Crippen LogP contribution in [0.1, 0.15) is 17.6 Å². The molecule has 3 N–H and O–H groups in total. The Balaban J connectivity index is 2.79. The predicted molar refractivity (Wildman–Crippen MR) is 41.8 cm³/mol. The molecule has 0 aromatic carbocycles. The van der Waals surface area contributed by atoms with Crippen LogP contribution in [0.5, 0.6) is 0 Å². The molecule has 0 aliphatic rings. The summed E-state index contributed by atoms with van der Waals surface area (Å²) in [6, 6.07) is 3.15. The fraction of sp³-hybridized carbons (Fsp3) is 0.250. The third kappa shape index (κ3) is 1.69. The summed E-state index contributed by atoms with van der Waals surface area (Å²) in [6.45, 7) is 3.43. The smallest absolute Gasteiger partial charge is 0.129 e. The summed E-state index contributed by atoms with van der Waals surface area (Å²) in [7, 11) is 0. The van der Waals surface area contributed by atoms with E-state index in [2.05, 4.69) is 6.58 Å². The zero-order valence-corrected chi connectivity index (χ0v) is 6.16. The molecule has 0 saturated carbocycles. The Labute approximate surface area is 65.1 Å². The van der Waals surface area contributed by atoms with Crippen LogP contribution in [0.4, 0.5) is 0 Å². The summed E-state index contributed by atoms with van der Waals surface area (Å²) < 4.78 is 5.14. The van der Waals surface area contributed by atoms with Gasteiger partial charge < -0.3 is 15.3 Å². The standard InChI is InChI=1S/C8H11NO2/c1-2-7(9)8-4-3-6(5-10)11-8/h2-4,7,10H,1,5,9H2/t7-/m0/s1. The van der Waals surface area contributed by atoms with Gasteiger partial charge in [0, 0.05) is 0 Å². The molecule has 0 aliphatic heterocycles.